The molecule has 0 aromatic heterocycles. The molecule has 0 aliphatic carbocycles. The Morgan fingerprint density at radius 2 is 1.86 bits per heavy atom. The van der Waals surface area contributed by atoms with Gasteiger partial charge in [0, 0.05) is 20.1 Å². The van der Waals surface area contributed by atoms with Crippen LogP contribution in [0.2, 0.25) is 0 Å². The molecule has 1 fully saturated rings. The van der Waals surface area contributed by atoms with Crippen molar-refractivity contribution >= 4 is 11.8 Å². The van der Waals surface area contributed by atoms with E-state index in [9.17, 15) is 9.59 Å². The second kappa shape index (κ2) is 9.73. The summed E-state index contributed by atoms with van der Waals surface area (Å²) in [6, 6.07) is 0. The predicted molar refractivity (Wildman–Crippen MR) is 84.0 cm³/mol. The largest absolute Gasteiger partial charge is 0.355 e. The lowest BCUT2D eigenvalue weighted by atomic mass is 9.98. The molecular weight excluding hydrogens is 268 g/mol. The molecule has 0 aromatic carbocycles. The molecule has 1 heterocycles. The first-order chi connectivity index (χ1) is 10.0. The summed E-state index contributed by atoms with van der Waals surface area (Å²) in [4.78, 5) is 27.3. The van der Waals surface area contributed by atoms with Gasteiger partial charge in [-0.1, -0.05) is 6.92 Å². The molecule has 2 N–H and O–H groups in total. The van der Waals surface area contributed by atoms with E-state index in [1.54, 1.807) is 7.05 Å². The smallest absolute Gasteiger partial charge is 0.239 e. The maximum absolute atomic E-state index is 12.1. The predicted octanol–water partition coefficient (Wildman–Crippen LogP) is -0.0976. The monoisotopic (exact) mass is 298 g/mol. The van der Waals surface area contributed by atoms with Crippen molar-refractivity contribution in [2.75, 3.05) is 53.4 Å². The number of carbonyl (C=O) groups excluding carboxylic acids is 2. The lowest BCUT2D eigenvalue weighted by molar-refractivity contribution is -0.135. The summed E-state index contributed by atoms with van der Waals surface area (Å²) in [6.07, 6.45) is 3.25. The van der Waals surface area contributed by atoms with Crippen molar-refractivity contribution < 1.29 is 9.59 Å². The Morgan fingerprint density at radius 1 is 1.19 bits per heavy atom. The third kappa shape index (κ3) is 7.43. The van der Waals surface area contributed by atoms with Gasteiger partial charge in [-0.25, -0.2) is 0 Å². The maximum Gasteiger partial charge on any atom is 0.239 e. The summed E-state index contributed by atoms with van der Waals surface area (Å²) in [5.74, 6) is 0.578. The van der Waals surface area contributed by atoms with Crippen molar-refractivity contribution in [2.24, 2.45) is 5.92 Å². The highest BCUT2D eigenvalue weighted by Gasteiger charge is 2.18. The molecule has 1 saturated heterocycles. The van der Waals surface area contributed by atoms with Gasteiger partial charge in [-0.3, -0.25) is 14.5 Å². The van der Waals surface area contributed by atoms with Crippen LogP contribution in [-0.2, 0) is 9.59 Å². The van der Waals surface area contributed by atoms with Gasteiger partial charge in [0.05, 0.1) is 13.1 Å². The van der Waals surface area contributed by atoms with Crippen LogP contribution in [0, 0.1) is 5.92 Å². The number of nitrogens with one attached hydrogen (secondary N) is 2. The molecule has 1 rings (SSSR count). The third-order valence-electron chi connectivity index (χ3n) is 3.81. The Hall–Kier alpha value is -1.14. The first kappa shape index (κ1) is 17.9. The Labute approximate surface area is 128 Å². The normalized spacial score (nSPS) is 16.0. The fourth-order valence-corrected chi connectivity index (χ4v) is 2.55. The van der Waals surface area contributed by atoms with E-state index < -0.39 is 0 Å². The van der Waals surface area contributed by atoms with Crippen LogP contribution in [0.1, 0.15) is 26.2 Å². The Balaban J connectivity index is 2.25. The van der Waals surface area contributed by atoms with Gasteiger partial charge in [0.15, 0.2) is 0 Å². The summed E-state index contributed by atoms with van der Waals surface area (Å²) in [5.41, 5.74) is 0. The first-order valence-electron chi connectivity index (χ1n) is 7.92. The number of hydrogen-bond acceptors (Lipinski definition) is 4. The Bertz CT molecular complexity index is 330. The van der Waals surface area contributed by atoms with E-state index in [2.05, 4.69) is 15.5 Å². The van der Waals surface area contributed by atoms with Crippen LogP contribution >= 0.6 is 0 Å². The highest BCUT2D eigenvalue weighted by molar-refractivity contribution is 5.85. The zero-order valence-electron chi connectivity index (χ0n) is 13.7. The van der Waals surface area contributed by atoms with Crippen molar-refractivity contribution in [1.29, 1.82) is 0 Å². The quantitative estimate of drug-likeness (QED) is 0.657. The number of hydrogen-bond donors (Lipinski definition) is 2. The molecule has 0 saturated carbocycles. The molecule has 21 heavy (non-hydrogen) atoms. The summed E-state index contributed by atoms with van der Waals surface area (Å²) < 4.78 is 0. The lowest BCUT2D eigenvalue weighted by Gasteiger charge is -2.28. The minimum absolute atomic E-state index is 0.00178. The molecule has 1 aliphatic heterocycles. The Kier molecular flexibility index (Phi) is 8.30. The second-order valence-electron chi connectivity index (χ2n) is 5.99. The average molecular weight is 298 g/mol. The number of rotatable bonds is 8. The molecule has 0 aromatic rings. The van der Waals surface area contributed by atoms with E-state index in [4.69, 9.17) is 0 Å². The van der Waals surface area contributed by atoms with Crippen molar-refractivity contribution in [3.05, 3.63) is 0 Å². The van der Waals surface area contributed by atoms with Crippen LogP contribution in [0.4, 0.5) is 0 Å². The van der Waals surface area contributed by atoms with E-state index in [1.807, 2.05) is 14.0 Å². The van der Waals surface area contributed by atoms with Crippen LogP contribution in [-0.4, -0.2) is 75.0 Å². The topological polar surface area (TPSA) is 64.7 Å². The fourth-order valence-electron chi connectivity index (χ4n) is 2.55. The average Bonchev–Trinajstić information content (AvgIpc) is 2.45. The fraction of sp³-hybridized carbons (Fsp3) is 0.867. The Morgan fingerprint density at radius 3 is 2.48 bits per heavy atom. The summed E-state index contributed by atoms with van der Waals surface area (Å²) in [6.45, 7) is 6.28. The van der Waals surface area contributed by atoms with Crippen molar-refractivity contribution in [3.8, 4) is 0 Å². The van der Waals surface area contributed by atoms with Crippen molar-refractivity contribution in [2.45, 2.75) is 26.2 Å². The highest BCUT2D eigenvalue weighted by Crippen LogP contribution is 2.12. The van der Waals surface area contributed by atoms with Gasteiger partial charge in [-0.05, 0) is 45.3 Å². The summed E-state index contributed by atoms with van der Waals surface area (Å²) >= 11 is 0. The maximum atomic E-state index is 12.1. The van der Waals surface area contributed by atoms with E-state index in [0.717, 1.165) is 26.1 Å². The summed E-state index contributed by atoms with van der Waals surface area (Å²) in [5, 5.41) is 6.13. The third-order valence-corrected chi connectivity index (χ3v) is 3.81. The van der Waals surface area contributed by atoms with Gasteiger partial charge in [0.1, 0.15) is 0 Å². The van der Waals surface area contributed by atoms with Crippen LogP contribution in [0.25, 0.3) is 0 Å². The minimum atomic E-state index is -0.0892. The number of likely N-dealkylation sites (N-methyl/N-ethyl adjacent to an activating group) is 2. The van der Waals surface area contributed by atoms with Gasteiger partial charge in [-0.2, -0.15) is 0 Å². The van der Waals surface area contributed by atoms with Crippen LogP contribution in [0.5, 0.6) is 0 Å². The van der Waals surface area contributed by atoms with E-state index >= 15 is 0 Å². The molecule has 1 aliphatic rings. The lowest BCUT2D eigenvalue weighted by Crippen LogP contribution is -2.44. The molecule has 6 nitrogen and oxygen atoms in total. The van der Waals surface area contributed by atoms with E-state index in [1.165, 1.54) is 17.7 Å². The van der Waals surface area contributed by atoms with Gasteiger partial charge < -0.3 is 15.5 Å². The number of amides is 2. The molecule has 6 heteroatoms. The second-order valence-corrected chi connectivity index (χ2v) is 5.99. The van der Waals surface area contributed by atoms with Gasteiger partial charge in [-0.15, -0.1) is 0 Å². The molecule has 0 radical (unpaired) electrons. The minimum Gasteiger partial charge on any atom is -0.355 e. The summed E-state index contributed by atoms with van der Waals surface area (Å²) in [7, 11) is 3.66. The molecule has 0 unspecified atom stereocenters. The van der Waals surface area contributed by atoms with Crippen molar-refractivity contribution in [3.63, 3.8) is 0 Å². The number of nitrogens with zero attached hydrogens (tertiary/aromatic N) is 2. The standard InChI is InChI=1S/C15H30N4O2/c1-4-7-17-14(20)11-19(3)15(21)12-18(2)10-13-5-8-16-9-6-13/h13,16H,4-12H2,1-3H3,(H,17,20). The SMILES string of the molecule is CCCNC(=O)CN(C)C(=O)CN(C)CC1CCNCC1. The van der Waals surface area contributed by atoms with Gasteiger partial charge in [0.25, 0.3) is 0 Å². The van der Waals surface area contributed by atoms with E-state index in [-0.39, 0.29) is 18.4 Å². The molecule has 0 spiro atoms. The molecule has 2 amide bonds. The first-order valence-corrected chi connectivity index (χ1v) is 7.92. The van der Waals surface area contributed by atoms with Gasteiger partial charge in [0.2, 0.25) is 11.8 Å². The number of piperidine rings is 1. The van der Waals surface area contributed by atoms with E-state index in [0.29, 0.717) is 19.0 Å². The molecular formula is C15H30N4O2. The molecule has 0 atom stereocenters. The zero-order chi connectivity index (χ0) is 15.7. The zero-order valence-corrected chi connectivity index (χ0v) is 13.7. The number of carbonyl (C=O) groups is 2. The highest BCUT2D eigenvalue weighted by atomic mass is 16.2. The molecule has 0 bridgehead atoms. The molecule has 122 valence electrons. The van der Waals surface area contributed by atoms with Crippen LogP contribution in [0.15, 0.2) is 0 Å². The van der Waals surface area contributed by atoms with Crippen molar-refractivity contribution in [1.82, 2.24) is 20.4 Å². The van der Waals surface area contributed by atoms with Crippen LogP contribution < -0.4 is 10.6 Å². The van der Waals surface area contributed by atoms with Crippen LogP contribution in [0.3, 0.4) is 0 Å². The van der Waals surface area contributed by atoms with Gasteiger partial charge >= 0.3 is 0 Å².